The number of nitrogens with one attached hydrogen (secondary N) is 3. The highest BCUT2D eigenvalue weighted by atomic mass is 19.1. The Balaban J connectivity index is 1.52. The molecule has 0 aliphatic carbocycles. The predicted octanol–water partition coefficient (Wildman–Crippen LogP) is 5.12. The fourth-order valence-corrected chi connectivity index (χ4v) is 2.42. The Labute approximate surface area is 161 Å². The number of amides is 3. The van der Waals surface area contributed by atoms with Gasteiger partial charge in [-0.05, 0) is 60.2 Å². The molecule has 0 saturated heterocycles. The van der Waals surface area contributed by atoms with Crippen LogP contribution in [0.1, 0.15) is 5.56 Å². The molecule has 0 saturated carbocycles. The van der Waals surface area contributed by atoms with Gasteiger partial charge in [0.2, 0.25) is 5.91 Å². The maximum Gasteiger partial charge on any atom is 0.323 e. The topological polar surface area (TPSA) is 70.2 Å². The molecule has 3 rings (SSSR count). The lowest BCUT2D eigenvalue weighted by molar-refractivity contribution is -0.111. The van der Waals surface area contributed by atoms with Crippen LogP contribution in [0.3, 0.4) is 0 Å². The number of benzene rings is 3. The van der Waals surface area contributed by atoms with Gasteiger partial charge < -0.3 is 16.0 Å². The molecule has 0 heterocycles. The standard InChI is InChI=1S/C22H18FN3O2/c23-17-6-4-5-16(15-17)9-14-21(27)24-19-10-12-20(13-11-19)26-22(28)25-18-7-2-1-3-8-18/h1-15H,(H,24,27)(H2,25,26,28)/b14-9+. The van der Waals surface area contributed by atoms with E-state index in [1.54, 1.807) is 48.5 Å². The van der Waals surface area contributed by atoms with Gasteiger partial charge in [0.15, 0.2) is 0 Å². The molecule has 0 aliphatic rings. The Morgan fingerprint density at radius 2 is 1.32 bits per heavy atom. The third-order valence-corrected chi connectivity index (χ3v) is 3.72. The van der Waals surface area contributed by atoms with Gasteiger partial charge in [-0.3, -0.25) is 4.79 Å². The number of rotatable bonds is 5. The van der Waals surface area contributed by atoms with Gasteiger partial charge in [0.1, 0.15) is 5.82 Å². The molecule has 5 nitrogen and oxygen atoms in total. The average molecular weight is 375 g/mol. The monoisotopic (exact) mass is 375 g/mol. The van der Waals surface area contributed by atoms with Crippen LogP contribution in [-0.4, -0.2) is 11.9 Å². The van der Waals surface area contributed by atoms with Gasteiger partial charge in [0.05, 0.1) is 0 Å². The second-order valence-corrected chi connectivity index (χ2v) is 5.90. The zero-order valence-corrected chi connectivity index (χ0v) is 14.9. The Kier molecular flexibility index (Phi) is 6.15. The van der Waals surface area contributed by atoms with Crippen molar-refractivity contribution in [3.63, 3.8) is 0 Å². The summed E-state index contributed by atoms with van der Waals surface area (Å²) in [5.41, 5.74) is 2.44. The summed E-state index contributed by atoms with van der Waals surface area (Å²) in [7, 11) is 0. The van der Waals surface area contributed by atoms with Crippen molar-refractivity contribution in [2.45, 2.75) is 0 Å². The third kappa shape index (κ3) is 5.81. The number of carbonyl (C=O) groups excluding carboxylic acids is 2. The average Bonchev–Trinajstić information content (AvgIpc) is 2.69. The van der Waals surface area contributed by atoms with Gasteiger partial charge in [-0.25, -0.2) is 9.18 Å². The molecular formula is C22H18FN3O2. The van der Waals surface area contributed by atoms with E-state index in [4.69, 9.17) is 0 Å². The highest BCUT2D eigenvalue weighted by Crippen LogP contribution is 2.15. The summed E-state index contributed by atoms with van der Waals surface area (Å²) in [4.78, 5) is 23.9. The van der Waals surface area contributed by atoms with E-state index in [2.05, 4.69) is 16.0 Å². The Morgan fingerprint density at radius 3 is 1.96 bits per heavy atom. The second kappa shape index (κ2) is 9.14. The fourth-order valence-electron chi connectivity index (χ4n) is 2.42. The van der Waals surface area contributed by atoms with Crippen molar-refractivity contribution >= 4 is 35.1 Å². The molecule has 28 heavy (non-hydrogen) atoms. The van der Waals surface area contributed by atoms with Gasteiger partial charge >= 0.3 is 6.03 Å². The Morgan fingerprint density at radius 1 is 0.714 bits per heavy atom. The van der Waals surface area contributed by atoms with Gasteiger partial charge in [0.25, 0.3) is 0 Å². The number of anilines is 3. The van der Waals surface area contributed by atoms with Crippen LogP contribution in [0.4, 0.5) is 26.2 Å². The van der Waals surface area contributed by atoms with Crippen molar-refractivity contribution in [2.75, 3.05) is 16.0 Å². The van der Waals surface area contributed by atoms with E-state index in [0.717, 1.165) is 0 Å². The second-order valence-electron chi connectivity index (χ2n) is 5.90. The van der Waals surface area contributed by atoms with Gasteiger partial charge in [-0.15, -0.1) is 0 Å². The maximum atomic E-state index is 13.1. The minimum atomic E-state index is -0.360. The van der Waals surface area contributed by atoms with Crippen LogP contribution in [0, 0.1) is 5.82 Å². The van der Waals surface area contributed by atoms with Crippen LogP contribution in [0.5, 0.6) is 0 Å². The van der Waals surface area contributed by atoms with Gasteiger partial charge in [-0.2, -0.15) is 0 Å². The summed E-state index contributed by atoms with van der Waals surface area (Å²) < 4.78 is 13.1. The molecule has 3 aromatic carbocycles. The van der Waals surface area contributed by atoms with Crippen LogP contribution in [0.15, 0.2) is 84.9 Å². The van der Waals surface area contributed by atoms with Crippen molar-refractivity contribution in [1.82, 2.24) is 0 Å². The summed E-state index contributed by atoms with van der Waals surface area (Å²) in [6.45, 7) is 0. The summed E-state index contributed by atoms with van der Waals surface area (Å²) in [5.74, 6) is -0.700. The van der Waals surface area contributed by atoms with Gasteiger partial charge in [-0.1, -0.05) is 30.3 Å². The number of hydrogen-bond acceptors (Lipinski definition) is 2. The normalized spacial score (nSPS) is 10.5. The number of carbonyl (C=O) groups is 2. The van der Waals surface area contributed by atoms with Gasteiger partial charge in [0, 0.05) is 23.1 Å². The number of hydrogen-bond donors (Lipinski definition) is 3. The van der Waals surface area contributed by atoms with Crippen molar-refractivity contribution in [3.05, 3.63) is 96.3 Å². The summed E-state index contributed by atoms with van der Waals surface area (Å²) in [6, 6.07) is 21.4. The first kappa shape index (κ1) is 18.8. The van der Waals surface area contributed by atoms with Crippen molar-refractivity contribution in [2.24, 2.45) is 0 Å². The Hall–Kier alpha value is -3.93. The molecule has 0 bridgehead atoms. The first-order valence-electron chi connectivity index (χ1n) is 8.56. The maximum absolute atomic E-state index is 13.1. The lowest BCUT2D eigenvalue weighted by atomic mass is 10.2. The van der Waals surface area contributed by atoms with Crippen molar-refractivity contribution in [1.29, 1.82) is 0 Å². The first-order valence-corrected chi connectivity index (χ1v) is 8.56. The summed E-state index contributed by atoms with van der Waals surface area (Å²) in [6.07, 6.45) is 2.86. The lowest BCUT2D eigenvalue weighted by Crippen LogP contribution is -2.19. The molecule has 0 spiro atoms. The van der Waals surface area contributed by atoms with Crippen LogP contribution in [0.2, 0.25) is 0 Å². The zero-order valence-electron chi connectivity index (χ0n) is 14.9. The highest BCUT2D eigenvalue weighted by molar-refractivity contribution is 6.02. The van der Waals surface area contributed by atoms with Crippen molar-refractivity contribution < 1.29 is 14.0 Å². The molecule has 3 aromatic rings. The fraction of sp³-hybridized carbons (Fsp3) is 0. The van der Waals surface area contributed by atoms with Crippen LogP contribution < -0.4 is 16.0 Å². The van der Waals surface area contributed by atoms with Crippen LogP contribution in [-0.2, 0) is 4.79 Å². The van der Waals surface area contributed by atoms with E-state index >= 15 is 0 Å². The van der Waals surface area contributed by atoms with E-state index in [0.29, 0.717) is 22.6 Å². The molecule has 0 radical (unpaired) electrons. The summed E-state index contributed by atoms with van der Waals surface area (Å²) in [5, 5.41) is 8.13. The van der Waals surface area contributed by atoms with E-state index in [1.807, 2.05) is 18.2 Å². The smallest absolute Gasteiger partial charge is 0.323 e. The quantitative estimate of drug-likeness (QED) is 0.542. The first-order chi connectivity index (χ1) is 13.6. The predicted molar refractivity (Wildman–Crippen MR) is 110 cm³/mol. The number of urea groups is 1. The number of halogens is 1. The molecular weight excluding hydrogens is 357 g/mol. The van der Waals surface area contributed by atoms with E-state index in [9.17, 15) is 14.0 Å². The van der Waals surface area contributed by atoms with E-state index < -0.39 is 0 Å². The molecule has 0 fully saturated rings. The zero-order chi connectivity index (χ0) is 19.8. The molecule has 140 valence electrons. The van der Waals surface area contributed by atoms with E-state index in [-0.39, 0.29) is 17.8 Å². The Bertz CT molecular complexity index is 986. The molecule has 0 unspecified atom stereocenters. The lowest BCUT2D eigenvalue weighted by Gasteiger charge is -2.08. The van der Waals surface area contributed by atoms with Crippen molar-refractivity contribution in [3.8, 4) is 0 Å². The number of para-hydroxylation sites is 1. The molecule has 3 N–H and O–H groups in total. The van der Waals surface area contributed by atoms with Crippen LogP contribution >= 0.6 is 0 Å². The molecule has 0 aliphatic heterocycles. The largest absolute Gasteiger partial charge is 0.323 e. The minimum absolute atomic E-state index is 0.341. The third-order valence-electron chi connectivity index (χ3n) is 3.72. The highest BCUT2D eigenvalue weighted by Gasteiger charge is 2.03. The molecule has 0 aromatic heterocycles. The molecule has 3 amide bonds. The SMILES string of the molecule is O=C(/C=C/c1cccc(F)c1)Nc1ccc(NC(=O)Nc2ccccc2)cc1. The summed E-state index contributed by atoms with van der Waals surface area (Å²) >= 11 is 0. The molecule has 6 heteroatoms. The van der Waals surface area contributed by atoms with Crippen LogP contribution in [0.25, 0.3) is 6.08 Å². The molecule has 0 atom stereocenters. The van der Waals surface area contributed by atoms with E-state index in [1.165, 1.54) is 24.3 Å². The minimum Gasteiger partial charge on any atom is -0.323 e.